The Balaban J connectivity index is 1.92. The van der Waals surface area contributed by atoms with Gasteiger partial charge in [-0.15, -0.1) is 0 Å². The molecule has 0 unspecified atom stereocenters. The highest BCUT2D eigenvalue weighted by Gasteiger charge is 2.41. The number of aliphatic carboxylic acids is 1. The number of benzene rings is 3. The molecule has 0 aromatic heterocycles. The minimum absolute atomic E-state index is 0.231. The zero-order chi connectivity index (χ0) is 30.4. The normalized spacial score (nSPS) is 13.0. The first kappa shape index (κ1) is 30.7. The lowest BCUT2D eigenvalue weighted by Crippen LogP contribution is -2.50. The van der Waals surface area contributed by atoms with Crippen LogP contribution >= 0.6 is 0 Å². The third-order valence-electron chi connectivity index (χ3n) is 5.41. The van der Waals surface area contributed by atoms with Gasteiger partial charge in [-0.1, -0.05) is 42.5 Å². The van der Waals surface area contributed by atoms with Gasteiger partial charge < -0.3 is 19.9 Å². The van der Waals surface area contributed by atoms with E-state index in [2.05, 4.69) is 5.32 Å². The highest BCUT2D eigenvalue weighted by atomic mass is 19.4. The zero-order valence-electron chi connectivity index (χ0n) is 20.5. The number of hydrogen-bond donors (Lipinski definition) is 2. The van der Waals surface area contributed by atoms with Gasteiger partial charge >= 0.3 is 30.3 Å². The molecule has 3 aromatic rings. The number of ether oxygens (including phenoxy) is 2. The largest absolute Gasteiger partial charge is 0.478 e. The van der Waals surface area contributed by atoms with Gasteiger partial charge in [-0.2, -0.15) is 26.3 Å². The lowest BCUT2D eigenvalue weighted by Gasteiger charge is -2.24. The lowest BCUT2D eigenvalue weighted by molar-refractivity contribution is -0.159. The van der Waals surface area contributed by atoms with Gasteiger partial charge in [-0.25, -0.2) is 14.4 Å². The molecule has 41 heavy (non-hydrogen) atoms. The van der Waals surface area contributed by atoms with Crippen LogP contribution in [0.3, 0.4) is 0 Å². The first-order valence-corrected chi connectivity index (χ1v) is 11.5. The van der Waals surface area contributed by atoms with Crippen molar-refractivity contribution in [3.8, 4) is 0 Å². The lowest BCUT2D eigenvalue weighted by atomic mass is 10.1. The second kappa shape index (κ2) is 12.5. The van der Waals surface area contributed by atoms with E-state index in [-0.39, 0.29) is 6.54 Å². The van der Waals surface area contributed by atoms with Gasteiger partial charge in [0.15, 0.2) is 0 Å². The third-order valence-corrected chi connectivity index (χ3v) is 5.41. The molecular weight excluding hydrogens is 564 g/mol. The van der Waals surface area contributed by atoms with Crippen LogP contribution in [0.25, 0.3) is 0 Å². The first-order chi connectivity index (χ1) is 19.2. The molecule has 2 N–H and O–H groups in total. The third kappa shape index (κ3) is 8.30. The van der Waals surface area contributed by atoms with Crippen LogP contribution in [0.4, 0.5) is 26.3 Å². The number of carboxylic acids is 1. The molecule has 0 saturated heterocycles. The minimum atomic E-state index is -4.86. The molecule has 0 spiro atoms. The molecular formula is C27H19F6NO7. The molecule has 0 aliphatic heterocycles. The van der Waals surface area contributed by atoms with Crippen LogP contribution in [0.5, 0.6) is 0 Å². The number of carbonyl (C=O) groups is 4. The molecule has 3 rings (SSSR count). The van der Waals surface area contributed by atoms with Crippen molar-refractivity contribution in [3.05, 3.63) is 107 Å². The number of carbonyl (C=O) groups excluding carboxylic acids is 3. The SMILES string of the molecule is O=C(O[C@H](C(=O)O)[C@H](OC(=O)c1cccc(C(F)(F)F)c1)C(=O)NCc1ccccc1)c1cccc(C(F)(F)F)c1. The molecule has 0 heterocycles. The van der Waals surface area contributed by atoms with Crippen LogP contribution in [-0.2, 0) is 38.0 Å². The number of alkyl halides is 6. The van der Waals surface area contributed by atoms with Gasteiger partial charge in [0, 0.05) is 6.54 Å². The average Bonchev–Trinajstić information content (AvgIpc) is 2.93. The van der Waals surface area contributed by atoms with Crippen LogP contribution < -0.4 is 5.32 Å². The van der Waals surface area contributed by atoms with E-state index in [1.807, 2.05) is 0 Å². The first-order valence-electron chi connectivity index (χ1n) is 11.5. The van der Waals surface area contributed by atoms with E-state index >= 15 is 0 Å². The number of rotatable bonds is 9. The Morgan fingerprint density at radius 3 is 1.59 bits per heavy atom. The number of hydrogen-bond acceptors (Lipinski definition) is 6. The molecule has 3 aromatic carbocycles. The molecule has 0 aliphatic rings. The van der Waals surface area contributed by atoms with Crippen molar-refractivity contribution in [1.82, 2.24) is 5.32 Å². The second-order valence-electron chi connectivity index (χ2n) is 8.35. The van der Waals surface area contributed by atoms with Crippen molar-refractivity contribution in [2.45, 2.75) is 31.1 Å². The van der Waals surface area contributed by atoms with Crippen molar-refractivity contribution in [1.29, 1.82) is 0 Å². The summed E-state index contributed by atoms with van der Waals surface area (Å²) in [6.45, 7) is -0.231. The summed E-state index contributed by atoms with van der Waals surface area (Å²) in [5, 5.41) is 12.0. The van der Waals surface area contributed by atoms with Crippen LogP contribution in [0.15, 0.2) is 78.9 Å². The summed E-state index contributed by atoms with van der Waals surface area (Å²) in [6, 6.07) is 13.6. The molecule has 8 nitrogen and oxygen atoms in total. The molecule has 0 fully saturated rings. The smallest absolute Gasteiger partial charge is 0.416 e. The summed E-state index contributed by atoms with van der Waals surface area (Å²) in [6.07, 6.45) is -14.8. The Bertz CT molecular complexity index is 1420. The van der Waals surface area contributed by atoms with Crippen LogP contribution in [-0.4, -0.2) is 41.1 Å². The standard InChI is InChI=1S/C27H19F6NO7/c28-26(29,30)18-10-4-8-16(12-18)24(38)40-20(22(35)34-14-15-6-2-1-3-7-15)21(23(36)37)41-25(39)17-9-5-11-19(13-17)27(31,32)33/h1-13,20-21H,14H2,(H,34,35)(H,36,37)/t20-,21-/m0/s1. The summed E-state index contributed by atoms with van der Waals surface area (Å²) >= 11 is 0. The van der Waals surface area contributed by atoms with Gasteiger partial charge in [0.1, 0.15) is 0 Å². The van der Waals surface area contributed by atoms with Gasteiger partial charge in [-0.05, 0) is 42.0 Å². The van der Waals surface area contributed by atoms with Gasteiger partial charge in [0.25, 0.3) is 5.91 Å². The van der Waals surface area contributed by atoms with Crippen molar-refractivity contribution in [2.24, 2.45) is 0 Å². The highest BCUT2D eigenvalue weighted by molar-refractivity contribution is 5.97. The van der Waals surface area contributed by atoms with Crippen LogP contribution in [0.2, 0.25) is 0 Å². The fourth-order valence-corrected chi connectivity index (χ4v) is 3.39. The summed E-state index contributed by atoms with van der Waals surface area (Å²) in [5.74, 6) is -6.54. The maximum absolute atomic E-state index is 13.1. The Kier molecular flexibility index (Phi) is 9.37. The predicted molar refractivity (Wildman–Crippen MR) is 127 cm³/mol. The molecule has 0 aliphatic carbocycles. The summed E-state index contributed by atoms with van der Waals surface area (Å²) in [7, 11) is 0. The summed E-state index contributed by atoms with van der Waals surface area (Å²) in [5.41, 5.74) is -3.45. The molecule has 0 radical (unpaired) electrons. The Labute approximate surface area is 227 Å². The van der Waals surface area contributed by atoms with Crippen molar-refractivity contribution < 1.29 is 60.1 Å². The highest BCUT2D eigenvalue weighted by Crippen LogP contribution is 2.31. The number of amides is 1. The van der Waals surface area contributed by atoms with Crippen molar-refractivity contribution in [2.75, 3.05) is 0 Å². The second-order valence-corrected chi connectivity index (χ2v) is 8.35. The van der Waals surface area contributed by atoms with Crippen molar-refractivity contribution >= 4 is 23.8 Å². The number of carboxylic acid groups (broad SMARTS) is 1. The fraction of sp³-hybridized carbons (Fsp3) is 0.185. The maximum atomic E-state index is 13.1. The van der Waals surface area contributed by atoms with E-state index in [9.17, 15) is 50.6 Å². The van der Waals surface area contributed by atoms with Gasteiger partial charge in [-0.3, -0.25) is 4.79 Å². The molecule has 0 bridgehead atoms. The van der Waals surface area contributed by atoms with E-state index in [1.165, 1.54) is 0 Å². The molecule has 1 amide bonds. The number of esters is 2. The van der Waals surface area contributed by atoms with Crippen molar-refractivity contribution in [3.63, 3.8) is 0 Å². The van der Waals surface area contributed by atoms with Gasteiger partial charge in [0.05, 0.1) is 22.3 Å². The minimum Gasteiger partial charge on any atom is -0.478 e. The molecule has 216 valence electrons. The Hall–Kier alpha value is -4.88. The zero-order valence-corrected chi connectivity index (χ0v) is 20.5. The molecule has 0 saturated carbocycles. The molecule has 2 atom stereocenters. The topological polar surface area (TPSA) is 119 Å². The Morgan fingerprint density at radius 2 is 1.15 bits per heavy atom. The van der Waals surface area contributed by atoms with E-state index < -0.39 is 70.6 Å². The Morgan fingerprint density at radius 1 is 0.683 bits per heavy atom. The van der Waals surface area contributed by atoms with E-state index in [1.54, 1.807) is 30.3 Å². The predicted octanol–water partition coefficient (Wildman–Crippen LogP) is 4.88. The summed E-state index contributed by atoms with van der Waals surface area (Å²) in [4.78, 5) is 50.4. The maximum Gasteiger partial charge on any atom is 0.416 e. The average molecular weight is 583 g/mol. The number of nitrogens with one attached hydrogen (secondary N) is 1. The van der Waals surface area contributed by atoms with Gasteiger partial charge in [0.2, 0.25) is 12.2 Å². The van der Waals surface area contributed by atoms with E-state index in [0.29, 0.717) is 29.8 Å². The summed E-state index contributed by atoms with van der Waals surface area (Å²) < 4.78 is 88.2. The quantitative estimate of drug-likeness (QED) is 0.272. The van der Waals surface area contributed by atoms with Crippen LogP contribution in [0.1, 0.15) is 37.4 Å². The van der Waals surface area contributed by atoms with E-state index in [0.717, 1.165) is 24.3 Å². The van der Waals surface area contributed by atoms with Crippen LogP contribution in [0, 0.1) is 0 Å². The fourth-order valence-electron chi connectivity index (χ4n) is 3.39. The number of halogens is 6. The monoisotopic (exact) mass is 583 g/mol. The molecule has 14 heteroatoms. The van der Waals surface area contributed by atoms with E-state index in [4.69, 9.17) is 9.47 Å².